The summed E-state index contributed by atoms with van der Waals surface area (Å²) in [5, 5.41) is 0. The van der Waals surface area contributed by atoms with Gasteiger partial charge in [0.1, 0.15) is 0 Å². The molecule has 6 bridgehead atoms. The summed E-state index contributed by atoms with van der Waals surface area (Å²) in [5.41, 5.74) is 18.9. The Labute approximate surface area is 312 Å². The molecule has 0 fully saturated rings. The van der Waals surface area contributed by atoms with Gasteiger partial charge in [-0.3, -0.25) is 0 Å². The van der Waals surface area contributed by atoms with Crippen LogP contribution in [0.3, 0.4) is 0 Å². The van der Waals surface area contributed by atoms with Gasteiger partial charge in [-0.2, -0.15) is 0 Å². The summed E-state index contributed by atoms with van der Waals surface area (Å²) in [6, 6.07) is 74.8. The van der Waals surface area contributed by atoms with E-state index in [9.17, 15) is 0 Å². The van der Waals surface area contributed by atoms with E-state index < -0.39 is 0 Å². The van der Waals surface area contributed by atoms with E-state index in [1.54, 1.807) is 0 Å². The van der Waals surface area contributed by atoms with Crippen LogP contribution in [0.4, 0.5) is 34.1 Å². The zero-order chi connectivity index (χ0) is 34.9. The first-order valence-corrected chi connectivity index (χ1v) is 18.6. The van der Waals surface area contributed by atoms with Crippen LogP contribution in [0.15, 0.2) is 200 Å². The number of nitrogens with zero attached hydrogens (tertiary/aromatic N) is 2. The lowest BCUT2D eigenvalue weighted by Gasteiger charge is -2.40. The number of fused-ring (bicyclic) bond motifs is 10. The van der Waals surface area contributed by atoms with E-state index in [1.165, 1.54) is 71.9 Å². The Balaban J connectivity index is 1.24. The standard InChI is InChI=1S/C48H33B3N2/c1-4-15-34(16-5-1)49-37-27-29-43-47(31-37)52(45-25-12-10-23-41(45)50(43)35-17-6-2-7-18-35)39-21-14-22-40(33-39)53-46-26-13-11-24-42(46)51(36-19-8-3-9-20-36)44-30-28-38(49)32-48(44)53/h1-33H. The molecule has 5 heteroatoms. The van der Waals surface area contributed by atoms with Crippen molar-refractivity contribution in [1.29, 1.82) is 0 Å². The van der Waals surface area contributed by atoms with Crippen LogP contribution in [-0.2, 0) is 0 Å². The Morgan fingerprint density at radius 1 is 0.245 bits per heavy atom. The van der Waals surface area contributed by atoms with Crippen LogP contribution in [-0.4, -0.2) is 20.1 Å². The maximum absolute atomic E-state index is 2.51. The molecular formula is C48H33B3N2. The minimum Gasteiger partial charge on any atom is -0.311 e. The van der Waals surface area contributed by atoms with Gasteiger partial charge in [-0.15, -0.1) is 0 Å². The summed E-state index contributed by atoms with van der Waals surface area (Å²) in [6.45, 7) is 0.274. The monoisotopic (exact) mass is 670 g/mol. The van der Waals surface area contributed by atoms with E-state index in [1.807, 2.05) is 0 Å². The van der Waals surface area contributed by atoms with Crippen molar-refractivity contribution < 1.29 is 0 Å². The fourth-order valence-electron chi connectivity index (χ4n) is 9.38. The van der Waals surface area contributed by atoms with Crippen LogP contribution < -0.4 is 59.0 Å². The van der Waals surface area contributed by atoms with Gasteiger partial charge >= 0.3 is 0 Å². The Morgan fingerprint density at radius 2 is 0.623 bits per heavy atom. The molecule has 53 heavy (non-hydrogen) atoms. The van der Waals surface area contributed by atoms with Gasteiger partial charge in [0, 0.05) is 34.1 Å². The molecule has 2 nitrogen and oxygen atoms in total. The summed E-state index contributed by atoms with van der Waals surface area (Å²) < 4.78 is 0. The Hall–Kier alpha value is -6.45. The molecule has 0 radical (unpaired) electrons. The number of anilines is 6. The predicted molar refractivity (Wildman–Crippen MR) is 229 cm³/mol. The molecule has 3 heterocycles. The van der Waals surface area contributed by atoms with Crippen LogP contribution in [0.1, 0.15) is 0 Å². The molecular weight excluding hydrogens is 637 g/mol. The smallest absolute Gasteiger partial charge is 0.246 e. The fourth-order valence-corrected chi connectivity index (χ4v) is 9.38. The SMILES string of the molecule is c1ccc(B2c3ccc4c(c3)N(c3cccc(c3)N3c5ccccc5B(c5ccccc5)c5ccc2cc53)c2ccccc2B4c2ccccc2)cc1. The van der Waals surface area contributed by atoms with E-state index >= 15 is 0 Å². The van der Waals surface area contributed by atoms with Crippen molar-refractivity contribution in [2.24, 2.45) is 0 Å². The Kier molecular flexibility index (Phi) is 6.88. The first kappa shape index (κ1) is 30.2. The number of benzene rings is 8. The molecule has 0 saturated carbocycles. The molecule has 0 spiro atoms. The highest BCUT2D eigenvalue weighted by Crippen LogP contribution is 2.41. The third-order valence-corrected chi connectivity index (χ3v) is 11.6. The van der Waals surface area contributed by atoms with Crippen molar-refractivity contribution in [2.75, 3.05) is 9.80 Å². The first-order valence-electron chi connectivity index (χ1n) is 18.6. The lowest BCUT2D eigenvalue weighted by molar-refractivity contribution is 1.26. The van der Waals surface area contributed by atoms with Gasteiger partial charge in [-0.05, 0) is 64.3 Å². The molecule has 0 aromatic heterocycles. The number of hydrogen-bond acceptors (Lipinski definition) is 2. The molecule has 244 valence electrons. The maximum Gasteiger partial charge on any atom is 0.246 e. The number of para-hydroxylation sites is 2. The first-order chi connectivity index (χ1) is 26.3. The zero-order valence-electron chi connectivity index (χ0n) is 29.2. The van der Waals surface area contributed by atoms with Crippen LogP contribution in [0.25, 0.3) is 0 Å². The molecule has 0 saturated heterocycles. The van der Waals surface area contributed by atoms with Crippen molar-refractivity contribution in [3.05, 3.63) is 200 Å². The molecule has 0 amide bonds. The molecule has 11 rings (SSSR count). The number of rotatable bonds is 3. The third kappa shape index (κ3) is 4.70. The molecule has 0 aliphatic carbocycles. The molecule has 0 N–H and O–H groups in total. The molecule has 8 aromatic rings. The van der Waals surface area contributed by atoms with Crippen LogP contribution in [0, 0.1) is 0 Å². The third-order valence-electron chi connectivity index (χ3n) is 11.6. The zero-order valence-corrected chi connectivity index (χ0v) is 29.2. The van der Waals surface area contributed by atoms with Gasteiger partial charge in [-0.1, -0.05) is 185 Å². The van der Waals surface area contributed by atoms with Gasteiger partial charge in [0.15, 0.2) is 0 Å². The highest BCUT2D eigenvalue weighted by molar-refractivity contribution is 7.00. The summed E-state index contributed by atoms with van der Waals surface area (Å²) in [7, 11) is 0. The van der Waals surface area contributed by atoms with Crippen molar-refractivity contribution in [1.82, 2.24) is 0 Å². The molecule has 0 unspecified atom stereocenters. The summed E-state index contributed by atoms with van der Waals surface area (Å²) in [6.07, 6.45) is 0. The quantitative estimate of drug-likeness (QED) is 0.241. The maximum atomic E-state index is 2.51. The topological polar surface area (TPSA) is 6.48 Å². The summed E-state index contributed by atoms with van der Waals surface area (Å²) in [4.78, 5) is 5.03. The van der Waals surface area contributed by atoms with E-state index in [0.29, 0.717) is 0 Å². The number of hydrogen-bond donors (Lipinski definition) is 0. The molecule has 3 aliphatic rings. The van der Waals surface area contributed by atoms with Gasteiger partial charge < -0.3 is 9.80 Å². The molecule has 0 atom stereocenters. The minimum atomic E-state index is 0.0351. The average Bonchev–Trinajstić information content (AvgIpc) is 3.22. The van der Waals surface area contributed by atoms with Gasteiger partial charge in [0.2, 0.25) is 20.1 Å². The minimum absolute atomic E-state index is 0.0351. The van der Waals surface area contributed by atoms with E-state index in [0.717, 1.165) is 11.4 Å². The Bertz CT molecular complexity index is 2500. The second-order valence-electron chi connectivity index (χ2n) is 14.5. The van der Waals surface area contributed by atoms with Crippen LogP contribution in [0.5, 0.6) is 0 Å². The van der Waals surface area contributed by atoms with Crippen LogP contribution in [0.2, 0.25) is 0 Å². The van der Waals surface area contributed by atoms with Crippen molar-refractivity contribution in [2.45, 2.75) is 0 Å². The van der Waals surface area contributed by atoms with Gasteiger partial charge in [0.25, 0.3) is 0 Å². The van der Waals surface area contributed by atoms with Crippen molar-refractivity contribution in [3.8, 4) is 0 Å². The summed E-state index contributed by atoms with van der Waals surface area (Å²) in [5.74, 6) is 0. The van der Waals surface area contributed by atoms with Gasteiger partial charge in [0.05, 0.1) is 0 Å². The van der Waals surface area contributed by atoms with E-state index in [2.05, 4.69) is 210 Å². The lowest BCUT2D eigenvalue weighted by Crippen LogP contribution is -2.60. The second-order valence-corrected chi connectivity index (χ2v) is 14.5. The highest BCUT2D eigenvalue weighted by atomic mass is 15.2. The van der Waals surface area contributed by atoms with Gasteiger partial charge in [-0.25, -0.2) is 0 Å². The summed E-state index contributed by atoms with van der Waals surface area (Å²) >= 11 is 0. The second kappa shape index (κ2) is 12.1. The van der Waals surface area contributed by atoms with Crippen molar-refractivity contribution >= 4 is 103 Å². The Morgan fingerprint density at radius 3 is 1.08 bits per heavy atom. The average molecular weight is 670 g/mol. The predicted octanol–water partition coefficient (Wildman–Crippen LogP) is 5.12. The lowest BCUT2D eigenvalue weighted by atomic mass is 9.32. The van der Waals surface area contributed by atoms with E-state index in [-0.39, 0.29) is 20.1 Å². The molecule has 8 aromatic carbocycles. The molecule has 3 aliphatic heterocycles. The normalized spacial score (nSPS) is 13.5. The van der Waals surface area contributed by atoms with Crippen molar-refractivity contribution in [3.63, 3.8) is 0 Å². The highest BCUT2D eigenvalue weighted by Gasteiger charge is 2.39. The van der Waals surface area contributed by atoms with E-state index in [4.69, 9.17) is 0 Å². The largest absolute Gasteiger partial charge is 0.311 e. The fraction of sp³-hybridized carbons (Fsp3) is 0. The van der Waals surface area contributed by atoms with Crippen LogP contribution >= 0.6 is 0 Å².